The van der Waals surface area contributed by atoms with Gasteiger partial charge in [-0.25, -0.2) is 0 Å². The molecule has 3 rings (SSSR count). The maximum Gasteiger partial charge on any atom is 0.247 e. The summed E-state index contributed by atoms with van der Waals surface area (Å²) in [7, 11) is 0. The highest BCUT2D eigenvalue weighted by atomic mass is 15.3. The number of hydrogen-bond donors (Lipinski definition) is 1. The van der Waals surface area contributed by atoms with Gasteiger partial charge in [-0.3, -0.25) is 0 Å². The largest absolute Gasteiger partial charge is 0.339 e. The molecule has 0 saturated carbocycles. The Hall–Kier alpha value is -2.17. The fraction of sp³-hybridized carbons (Fsp3) is 0.471. The quantitative estimate of drug-likeness (QED) is 0.938. The highest BCUT2D eigenvalue weighted by Gasteiger charge is 2.13. The Bertz CT molecular complexity index is 633. The molecule has 0 aliphatic carbocycles. The van der Waals surface area contributed by atoms with E-state index in [4.69, 9.17) is 0 Å². The topological polar surface area (TPSA) is 53.9 Å². The number of nitrogens with zero attached hydrogens (tertiary/aromatic N) is 4. The Labute approximate surface area is 131 Å². The molecule has 1 fully saturated rings. The number of aryl methyl sites for hydroxylation is 1. The molecule has 1 saturated heterocycles. The standard InChI is InChI=1S/C17H23N5/c1-13-8-7-9-15(14(13)2)19-16-12-18-21-17(20-16)22-10-5-3-4-6-11-22/h7-9,12H,3-6,10-11H2,1-2H3,(H,19,20,21). The van der Waals surface area contributed by atoms with Crippen LogP contribution in [-0.4, -0.2) is 28.3 Å². The molecule has 2 aromatic rings. The lowest BCUT2D eigenvalue weighted by Crippen LogP contribution is -2.26. The van der Waals surface area contributed by atoms with Crippen LogP contribution in [0, 0.1) is 13.8 Å². The number of anilines is 3. The van der Waals surface area contributed by atoms with Gasteiger partial charge in [0.15, 0.2) is 5.82 Å². The summed E-state index contributed by atoms with van der Waals surface area (Å²) in [5, 5.41) is 11.7. The van der Waals surface area contributed by atoms with Gasteiger partial charge in [-0.05, 0) is 43.9 Å². The van der Waals surface area contributed by atoms with Crippen molar-refractivity contribution >= 4 is 17.5 Å². The van der Waals surface area contributed by atoms with Crippen molar-refractivity contribution < 1.29 is 0 Å². The van der Waals surface area contributed by atoms with E-state index < -0.39 is 0 Å². The van der Waals surface area contributed by atoms with Crippen molar-refractivity contribution in [2.75, 3.05) is 23.3 Å². The lowest BCUT2D eigenvalue weighted by Gasteiger charge is -2.20. The van der Waals surface area contributed by atoms with E-state index in [0.29, 0.717) is 0 Å². The molecule has 116 valence electrons. The third kappa shape index (κ3) is 3.35. The van der Waals surface area contributed by atoms with Crippen LogP contribution in [0.4, 0.5) is 17.5 Å². The molecule has 1 aliphatic heterocycles. The van der Waals surface area contributed by atoms with Crippen LogP contribution in [0.15, 0.2) is 24.4 Å². The first-order valence-electron chi connectivity index (χ1n) is 8.02. The number of hydrogen-bond acceptors (Lipinski definition) is 5. The van der Waals surface area contributed by atoms with Gasteiger partial charge in [0.25, 0.3) is 0 Å². The zero-order valence-electron chi connectivity index (χ0n) is 13.3. The molecule has 1 aromatic heterocycles. The average molecular weight is 297 g/mol. The van der Waals surface area contributed by atoms with Crippen LogP contribution in [0.1, 0.15) is 36.8 Å². The minimum atomic E-state index is 0.734. The van der Waals surface area contributed by atoms with Crippen LogP contribution in [0.25, 0.3) is 0 Å². The van der Waals surface area contributed by atoms with Crippen molar-refractivity contribution in [1.82, 2.24) is 15.2 Å². The van der Waals surface area contributed by atoms with Crippen LogP contribution >= 0.6 is 0 Å². The minimum absolute atomic E-state index is 0.734. The van der Waals surface area contributed by atoms with Gasteiger partial charge in [-0.1, -0.05) is 25.0 Å². The SMILES string of the molecule is Cc1cccc(Nc2cnnc(N3CCCCCC3)n2)c1C. The molecule has 5 nitrogen and oxygen atoms in total. The van der Waals surface area contributed by atoms with E-state index in [1.54, 1.807) is 6.20 Å². The zero-order valence-corrected chi connectivity index (χ0v) is 13.3. The second kappa shape index (κ2) is 6.73. The Kier molecular flexibility index (Phi) is 4.51. The molecule has 1 N–H and O–H groups in total. The van der Waals surface area contributed by atoms with Crippen LogP contribution in [0.2, 0.25) is 0 Å². The first kappa shape index (κ1) is 14.8. The van der Waals surface area contributed by atoms with E-state index in [-0.39, 0.29) is 0 Å². The molecule has 0 radical (unpaired) electrons. The Balaban J connectivity index is 1.80. The summed E-state index contributed by atoms with van der Waals surface area (Å²) in [6, 6.07) is 6.23. The Morgan fingerprint density at radius 2 is 1.82 bits per heavy atom. The van der Waals surface area contributed by atoms with E-state index >= 15 is 0 Å². The van der Waals surface area contributed by atoms with Crippen molar-refractivity contribution in [3.63, 3.8) is 0 Å². The summed E-state index contributed by atoms with van der Waals surface area (Å²) in [5.41, 5.74) is 3.57. The predicted molar refractivity (Wildman–Crippen MR) is 89.7 cm³/mol. The van der Waals surface area contributed by atoms with Crippen molar-refractivity contribution in [2.45, 2.75) is 39.5 Å². The summed E-state index contributed by atoms with van der Waals surface area (Å²) in [4.78, 5) is 6.89. The smallest absolute Gasteiger partial charge is 0.247 e. The molecule has 5 heteroatoms. The molecular formula is C17H23N5. The monoisotopic (exact) mass is 297 g/mol. The minimum Gasteiger partial charge on any atom is -0.339 e. The van der Waals surface area contributed by atoms with Gasteiger partial charge in [0, 0.05) is 18.8 Å². The highest BCUT2D eigenvalue weighted by Crippen LogP contribution is 2.22. The van der Waals surface area contributed by atoms with Crippen LogP contribution < -0.4 is 10.2 Å². The molecule has 2 heterocycles. The molecule has 22 heavy (non-hydrogen) atoms. The summed E-state index contributed by atoms with van der Waals surface area (Å²) in [5.74, 6) is 1.49. The lowest BCUT2D eigenvalue weighted by molar-refractivity contribution is 0.726. The molecule has 0 atom stereocenters. The van der Waals surface area contributed by atoms with E-state index in [9.17, 15) is 0 Å². The van der Waals surface area contributed by atoms with Gasteiger partial charge < -0.3 is 10.2 Å². The number of nitrogens with one attached hydrogen (secondary N) is 1. The normalized spacial score (nSPS) is 15.5. The summed E-state index contributed by atoms with van der Waals surface area (Å²) in [6.45, 7) is 6.27. The first-order valence-corrected chi connectivity index (χ1v) is 8.02. The van der Waals surface area contributed by atoms with Gasteiger partial charge in [0.05, 0.1) is 6.20 Å². The van der Waals surface area contributed by atoms with Gasteiger partial charge in [-0.15, -0.1) is 5.10 Å². The first-order chi connectivity index (χ1) is 10.7. The third-order valence-corrected chi connectivity index (χ3v) is 4.30. The van der Waals surface area contributed by atoms with E-state index in [2.05, 4.69) is 57.4 Å². The van der Waals surface area contributed by atoms with Gasteiger partial charge in [0.1, 0.15) is 0 Å². The van der Waals surface area contributed by atoms with Gasteiger partial charge >= 0.3 is 0 Å². The molecule has 0 unspecified atom stereocenters. The predicted octanol–water partition coefficient (Wildman–Crippen LogP) is 3.61. The Morgan fingerprint density at radius 1 is 1.05 bits per heavy atom. The molecule has 0 amide bonds. The molecule has 1 aliphatic rings. The van der Waals surface area contributed by atoms with Crippen molar-refractivity contribution in [1.29, 1.82) is 0 Å². The van der Waals surface area contributed by atoms with Crippen molar-refractivity contribution in [3.05, 3.63) is 35.5 Å². The van der Waals surface area contributed by atoms with Crippen molar-refractivity contribution in [2.24, 2.45) is 0 Å². The third-order valence-electron chi connectivity index (χ3n) is 4.30. The second-order valence-corrected chi connectivity index (χ2v) is 5.92. The van der Waals surface area contributed by atoms with Crippen LogP contribution in [0.3, 0.4) is 0 Å². The van der Waals surface area contributed by atoms with Gasteiger partial charge in [-0.2, -0.15) is 10.1 Å². The molecule has 1 aromatic carbocycles. The number of benzene rings is 1. The highest BCUT2D eigenvalue weighted by molar-refractivity contribution is 5.62. The van der Waals surface area contributed by atoms with E-state index in [1.807, 2.05) is 0 Å². The summed E-state index contributed by atoms with van der Waals surface area (Å²) in [6.07, 6.45) is 6.69. The fourth-order valence-electron chi connectivity index (χ4n) is 2.78. The van der Waals surface area contributed by atoms with Gasteiger partial charge in [0.2, 0.25) is 5.95 Å². The molecular weight excluding hydrogens is 274 g/mol. The van der Waals surface area contributed by atoms with E-state index in [1.165, 1.54) is 36.8 Å². The number of rotatable bonds is 3. The zero-order chi connectivity index (χ0) is 15.4. The van der Waals surface area contributed by atoms with Crippen molar-refractivity contribution in [3.8, 4) is 0 Å². The maximum absolute atomic E-state index is 4.65. The van der Waals surface area contributed by atoms with E-state index in [0.717, 1.165) is 30.5 Å². The second-order valence-electron chi connectivity index (χ2n) is 5.92. The summed E-state index contributed by atoms with van der Waals surface area (Å²) < 4.78 is 0. The average Bonchev–Trinajstić information content (AvgIpc) is 2.81. The Morgan fingerprint density at radius 3 is 2.59 bits per heavy atom. The van der Waals surface area contributed by atoms with Crippen LogP contribution in [-0.2, 0) is 0 Å². The fourth-order valence-corrected chi connectivity index (χ4v) is 2.78. The maximum atomic E-state index is 4.65. The summed E-state index contributed by atoms with van der Waals surface area (Å²) >= 11 is 0. The van der Waals surface area contributed by atoms with Crippen LogP contribution in [0.5, 0.6) is 0 Å². The molecule has 0 spiro atoms. The number of aromatic nitrogens is 3. The molecule has 0 bridgehead atoms. The lowest BCUT2D eigenvalue weighted by atomic mass is 10.1.